The van der Waals surface area contributed by atoms with Crippen LogP contribution in [0, 0.1) is 0 Å². The lowest BCUT2D eigenvalue weighted by Crippen LogP contribution is -2.17. The molecular weight excluding hydrogens is 232 g/mol. The Bertz CT molecular complexity index is 381. The van der Waals surface area contributed by atoms with Crippen LogP contribution in [0.2, 0.25) is 0 Å². The number of nitrogens with two attached hydrogens (primary N) is 1. The normalized spacial score (nSPS) is 15.1. The first kappa shape index (κ1) is 14.2. The van der Waals surface area contributed by atoms with Crippen molar-refractivity contribution in [3.05, 3.63) is 15.6 Å². The molecule has 0 unspecified atom stereocenters. The zero-order chi connectivity index (χ0) is 13.0. The number of amides is 1. The maximum absolute atomic E-state index is 11.3. The molecule has 17 heavy (non-hydrogen) atoms. The second kappa shape index (κ2) is 6.15. The van der Waals surface area contributed by atoms with Crippen LogP contribution in [0.25, 0.3) is 0 Å². The topological polar surface area (TPSA) is 56.0 Å². The van der Waals surface area contributed by atoms with Crippen molar-refractivity contribution < 1.29 is 4.79 Å². The first-order valence-corrected chi connectivity index (χ1v) is 7.21. The Hall–Kier alpha value is -0.900. The van der Waals surface area contributed by atoms with E-state index in [4.69, 9.17) is 5.73 Å². The summed E-state index contributed by atoms with van der Waals surface area (Å²) in [6.07, 6.45) is 3.62. The first-order valence-electron chi connectivity index (χ1n) is 6.40. The third-order valence-corrected chi connectivity index (χ3v) is 4.39. The number of nitrogens with zero attached hydrogens (tertiary/aromatic N) is 1. The van der Waals surface area contributed by atoms with Crippen LogP contribution in [0.4, 0.5) is 0 Å². The summed E-state index contributed by atoms with van der Waals surface area (Å²) < 4.78 is 0. The van der Waals surface area contributed by atoms with Gasteiger partial charge in [-0.25, -0.2) is 4.98 Å². The Labute approximate surface area is 107 Å². The monoisotopic (exact) mass is 254 g/mol. The van der Waals surface area contributed by atoms with Gasteiger partial charge < -0.3 is 5.73 Å². The Morgan fingerprint density at radius 1 is 1.41 bits per heavy atom. The van der Waals surface area contributed by atoms with Gasteiger partial charge in [-0.05, 0) is 18.8 Å². The fraction of sp³-hybridized carbons (Fsp3) is 0.692. The highest BCUT2D eigenvalue weighted by Gasteiger charge is 2.28. The summed E-state index contributed by atoms with van der Waals surface area (Å²) in [5.74, 6) is 0.541. The fourth-order valence-corrected chi connectivity index (χ4v) is 2.96. The second-order valence-electron chi connectivity index (χ2n) is 4.41. The molecule has 0 bridgehead atoms. The van der Waals surface area contributed by atoms with Crippen molar-refractivity contribution in [2.45, 2.75) is 58.8 Å². The van der Waals surface area contributed by atoms with Gasteiger partial charge in [-0.15, -0.1) is 11.3 Å². The maximum Gasteiger partial charge on any atom is 0.268 e. The van der Waals surface area contributed by atoms with E-state index in [1.54, 1.807) is 11.3 Å². The molecule has 4 heteroatoms. The molecule has 96 valence electrons. The molecule has 0 radical (unpaired) electrons. The number of hydrogen-bond donors (Lipinski definition) is 1. The highest BCUT2D eigenvalue weighted by Crippen LogP contribution is 2.41. The number of aromatic nitrogens is 1. The molecule has 1 aromatic rings. The van der Waals surface area contributed by atoms with Gasteiger partial charge in [-0.1, -0.05) is 34.1 Å². The molecule has 1 saturated carbocycles. The van der Waals surface area contributed by atoms with Gasteiger partial charge in [0.15, 0.2) is 0 Å². The molecule has 1 heterocycles. The number of rotatable bonds is 3. The van der Waals surface area contributed by atoms with Gasteiger partial charge in [0, 0.05) is 10.8 Å². The van der Waals surface area contributed by atoms with Gasteiger partial charge in [0.2, 0.25) is 0 Å². The molecular formula is C13H22N2OS. The lowest BCUT2D eigenvalue weighted by molar-refractivity contribution is 0.0994. The third kappa shape index (κ3) is 3.06. The summed E-state index contributed by atoms with van der Waals surface area (Å²) in [5, 5.41) is 1.03. The number of primary amides is 1. The highest BCUT2D eigenvalue weighted by atomic mass is 32.1. The maximum atomic E-state index is 11.3. The van der Waals surface area contributed by atoms with Gasteiger partial charge in [-0.2, -0.15) is 0 Å². The van der Waals surface area contributed by atoms with Crippen LogP contribution < -0.4 is 5.73 Å². The van der Waals surface area contributed by atoms with Crippen LogP contribution in [0.15, 0.2) is 0 Å². The van der Waals surface area contributed by atoms with E-state index in [1.807, 2.05) is 13.8 Å². The lowest BCUT2D eigenvalue weighted by Gasteiger charge is -2.24. The van der Waals surface area contributed by atoms with Crippen LogP contribution in [0.1, 0.15) is 79.2 Å². The summed E-state index contributed by atoms with van der Waals surface area (Å²) in [5.41, 5.74) is 5.87. The first-order chi connectivity index (χ1) is 8.09. The fourth-order valence-electron chi connectivity index (χ4n) is 1.72. The molecule has 1 aromatic heterocycles. The minimum absolute atomic E-state index is 0.375. The van der Waals surface area contributed by atoms with Crippen molar-refractivity contribution in [1.82, 2.24) is 4.98 Å². The summed E-state index contributed by atoms with van der Waals surface area (Å²) in [6.45, 7) is 8.18. The predicted octanol–water partition coefficient (Wildman–Crippen LogP) is 3.66. The Morgan fingerprint density at radius 2 is 2.00 bits per heavy atom. The molecule has 1 amide bonds. The molecule has 0 spiro atoms. The predicted molar refractivity (Wildman–Crippen MR) is 72.7 cm³/mol. The Morgan fingerprint density at radius 3 is 2.35 bits per heavy atom. The van der Waals surface area contributed by atoms with Crippen molar-refractivity contribution >= 4 is 17.2 Å². The zero-order valence-corrected chi connectivity index (χ0v) is 11.9. The van der Waals surface area contributed by atoms with Crippen molar-refractivity contribution in [3.8, 4) is 0 Å². The minimum Gasteiger partial charge on any atom is -0.364 e. The third-order valence-electron chi connectivity index (χ3n) is 2.87. The minimum atomic E-state index is -0.375. The summed E-state index contributed by atoms with van der Waals surface area (Å²) in [4.78, 5) is 16.7. The Kier molecular flexibility index (Phi) is 5.12. The lowest BCUT2D eigenvalue weighted by atomic mass is 9.83. The molecule has 1 aliphatic rings. The smallest absolute Gasteiger partial charge is 0.268 e. The van der Waals surface area contributed by atoms with Gasteiger partial charge in [0.05, 0.1) is 5.01 Å². The van der Waals surface area contributed by atoms with Crippen molar-refractivity contribution in [1.29, 1.82) is 0 Å². The van der Waals surface area contributed by atoms with Crippen LogP contribution in [-0.2, 0) is 0 Å². The van der Waals surface area contributed by atoms with Crippen molar-refractivity contribution in [2.24, 2.45) is 5.73 Å². The summed E-state index contributed by atoms with van der Waals surface area (Å²) in [7, 11) is 0. The number of hydrogen-bond acceptors (Lipinski definition) is 3. The van der Waals surface area contributed by atoms with Gasteiger partial charge in [0.25, 0.3) is 5.91 Å². The second-order valence-corrected chi connectivity index (χ2v) is 5.47. The van der Waals surface area contributed by atoms with Crippen LogP contribution in [0.5, 0.6) is 0 Å². The van der Waals surface area contributed by atoms with E-state index < -0.39 is 0 Å². The number of thiazole rings is 1. The average molecular weight is 254 g/mol. The van der Waals surface area contributed by atoms with E-state index in [0.717, 1.165) is 9.88 Å². The van der Waals surface area contributed by atoms with Crippen molar-refractivity contribution in [3.63, 3.8) is 0 Å². The van der Waals surface area contributed by atoms with E-state index in [-0.39, 0.29) is 5.91 Å². The van der Waals surface area contributed by atoms with Gasteiger partial charge >= 0.3 is 0 Å². The largest absolute Gasteiger partial charge is 0.364 e. The average Bonchev–Trinajstić information content (AvgIpc) is 2.63. The zero-order valence-electron chi connectivity index (χ0n) is 11.1. The highest BCUT2D eigenvalue weighted by molar-refractivity contribution is 7.12. The molecule has 3 nitrogen and oxygen atoms in total. The van der Waals surface area contributed by atoms with Gasteiger partial charge in [-0.3, -0.25) is 4.79 Å². The van der Waals surface area contributed by atoms with E-state index in [1.165, 1.54) is 19.3 Å². The van der Waals surface area contributed by atoms with E-state index in [9.17, 15) is 4.79 Å². The number of carbonyl (C=O) groups is 1. The van der Waals surface area contributed by atoms with E-state index in [2.05, 4.69) is 18.8 Å². The van der Waals surface area contributed by atoms with Gasteiger partial charge in [0.1, 0.15) is 5.69 Å². The quantitative estimate of drug-likeness (QED) is 0.895. The van der Waals surface area contributed by atoms with Crippen LogP contribution >= 0.6 is 11.3 Å². The van der Waals surface area contributed by atoms with Crippen LogP contribution in [-0.4, -0.2) is 10.9 Å². The van der Waals surface area contributed by atoms with Crippen molar-refractivity contribution in [2.75, 3.05) is 0 Å². The van der Waals surface area contributed by atoms with E-state index in [0.29, 0.717) is 17.5 Å². The molecule has 1 fully saturated rings. The van der Waals surface area contributed by atoms with Crippen LogP contribution in [0.3, 0.4) is 0 Å². The molecule has 0 aliphatic heterocycles. The molecule has 0 saturated heterocycles. The Balaban J connectivity index is 0.000000686. The SMILES string of the molecule is CC.CC(C)c1nc(C(N)=O)c(C2CCC2)s1. The number of carbonyl (C=O) groups excluding carboxylic acids is 1. The van der Waals surface area contributed by atoms with E-state index >= 15 is 0 Å². The molecule has 1 aliphatic carbocycles. The summed E-state index contributed by atoms with van der Waals surface area (Å²) >= 11 is 1.67. The molecule has 0 atom stereocenters. The summed E-state index contributed by atoms with van der Waals surface area (Å²) in [6, 6.07) is 0. The standard InChI is InChI=1S/C11H16N2OS.C2H6/c1-6(2)11-13-8(10(12)14)9(15-11)7-4-3-5-7;1-2/h6-7H,3-5H2,1-2H3,(H2,12,14);1-2H3. The molecule has 0 aromatic carbocycles. The molecule has 2 N–H and O–H groups in total. The molecule has 2 rings (SSSR count).